The number of hydrogen-bond acceptors (Lipinski definition) is 4. The Morgan fingerprint density at radius 2 is 2.00 bits per heavy atom. The molecule has 0 saturated heterocycles. The van der Waals surface area contributed by atoms with Crippen LogP contribution in [0, 0.1) is 0 Å². The minimum absolute atomic E-state index is 0.210. The Morgan fingerprint density at radius 3 is 2.70 bits per heavy atom. The van der Waals surface area contributed by atoms with E-state index in [1.54, 1.807) is 6.07 Å². The average Bonchev–Trinajstić information content (AvgIpc) is 2.49. The zero-order valence-corrected chi connectivity index (χ0v) is 13.2. The number of halogens is 4. The first-order chi connectivity index (χ1) is 10.9. The maximum atomic E-state index is 12.9. The molecule has 1 heterocycles. The van der Waals surface area contributed by atoms with Gasteiger partial charge in [-0.1, -0.05) is 24.9 Å². The number of benzene rings is 1. The third-order valence-corrected chi connectivity index (χ3v) is 3.35. The van der Waals surface area contributed by atoms with Gasteiger partial charge in [-0.05, 0) is 30.7 Å². The molecular weight excluding hydrogens is 329 g/mol. The van der Waals surface area contributed by atoms with Crippen LogP contribution in [0.4, 0.5) is 30.6 Å². The molecule has 1 aromatic heterocycles. The number of anilines is 3. The summed E-state index contributed by atoms with van der Waals surface area (Å²) >= 11 is 5.59. The Bertz CT molecular complexity index is 661. The van der Waals surface area contributed by atoms with Gasteiger partial charge in [0.2, 0.25) is 5.95 Å². The molecule has 0 unspecified atom stereocenters. The summed E-state index contributed by atoms with van der Waals surface area (Å²) in [5.41, 5.74) is -0.686. The maximum Gasteiger partial charge on any atom is 0.417 e. The van der Waals surface area contributed by atoms with Gasteiger partial charge in [0.15, 0.2) is 0 Å². The second-order valence-corrected chi connectivity index (χ2v) is 5.27. The zero-order chi connectivity index (χ0) is 16.9. The van der Waals surface area contributed by atoms with Crippen LogP contribution in [0.1, 0.15) is 25.3 Å². The molecule has 8 heteroatoms. The molecule has 2 N–H and O–H groups in total. The SMILES string of the molecule is CCCCNc1ccnc(Nc2ccc(Cl)c(C(F)(F)F)c2)n1. The van der Waals surface area contributed by atoms with E-state index in [1.165, 1.54) is 18.3 Å². The van der Waals surface area contributed by atoms with Crippen LogP contribution in [-0.4, -0.2) is 16.5 Å². The van der Waals surface area contributed by atoms with Crippen molar-refractivity contribution in [2.45, 2.75) is 25.9 Å². The van der Waals surface area contributed by atoms with Crippen LogP contribution in [0.2, 0.25) is 5.02 Å². The van der Waals surface area contributed by atoms with Crippen LogP contribution < -0.4 is 10.6 Å². The third kappa shape index (κ3) is 4.99. The van der Waals surface area contributed by atoms with E-state index in [0.29, 0.717) is 5.82 Å². The van der Waals surface area contributed by atoms with Gasteiger partial charge in [0.1, 0.15) is 5.82 Å². The highest BCUT2D eigenvalue weighted by Crippen LogP contribution is 2.36. The average molecular weight is 345 g/mol. The molecule has 0 bridgehead atoms. The number of nitrogens with one attached hydrogen (secondary N) is 2. The molecule has 0 aliphatic carbocycles. The summed E-state index contributed by atoms with van der Waals surface area (Å²) < 4.78 is 38.6. The lowest BCUT2D eigenvalue weighted by Crippen LogP contribution is -2.08. The molecular formula is C15H16ClF3N4. The molecule has 0 aliphatic rings. The predicted molar refractivity (Wildman–Crippen MR) is 85.2 cm³/mol. The van der Waals surface area contributed by atoms with Gasteiger partial charge in [-0.3, -0.25) is 0 Å². The Balaban J connectivity index is 2.14. The van der Waals surface area contributed by atoms with Crippen LogP contribution in [0.3, 0.4) is 0 Å². The molecule has 124 valence electrons. The number of unbranched alkanes of at least 4 members (excludes halogenated alkanes) is 1. The van der Waals surface area contributed by atoms with E-state index in [9.17, 15) is 13.2 Å². The van der Waals surface area contributed by atoms with Gasteiger partial charge < -0.3 is 10.6 Å². The minimum atomic E-state index is -4.51. The minimum Gasteiger partial charge on any atom is -0.370 e. The van der Waals surface area contributed by atoms with Crippen molar-refractivity contribution in [3.63, 3.8) is 0 Å². The summed E-state index contributed by atoms with van der Waals surface area (Å²) in [6, 6.07) is 5.26. The van der Waals surface area contributed by atoms with Gasteiger partial charge in [0.05, 0.1) is 10.6 Å². The molecule has 1 aromatic carbocycles. The van der Waals surface area contributed by atoms with E-state index in [0.717, 1.165) is 25.5 Å². The fourth-order valence-electron chi connectivity index (χ4n) is 1.86. The molecule has 0 amide bonds. The van der Waals surface area contributed by atoms with Gasteiger partial charge >= 0.3 is 6.18 Å². The molecule has 4 nitrogen and oxygen atoms in total. The highest BCUT2D eigenvalue weighted by Gasteiger charge is 2.33. The lowest BCUT2D eigenvalue weighted by atomic mass is 10.2. The smallest absolute Gasteiger partial charge is 0.370 e. The highest BCUT2D eigenvalue weighted by molar-refractivity contribution is 6.31. The Morgan fingerprint density at radius 1 is 1.22 bits per heavy atom. The molecule has 2 rings (SSSR count). The normalized spacial score (nSPS) is 11.3. The number of rotatable bonds is 6. The number of aromatic nitrogens is 2. The van der Waals surface area contributed by atoms with Crippen molar-refractivity contribution in [1.29, 1.82) is 0 Å². The molecule has 0 spiro atoms. The molecule has 0 aliphatic heterocycles. The first kappa shape index (κ1) is 17.3. The second kappa shape index (κ2) is 7.50. The van der Waals surface area contributed by atoms with Crippen molar-refractivity contribution < 1.29 is 13.2 Å². The Kier molecular flexibility index (Phi) is 5.65. The van der Waals surface area contributed by atoms with Crippen molar-refractivity contribution in [2.24, 2.45) is 0 Å². The maximum absolute atomic E-state index is 12.9. The standard InChI is InChI=1S/C15H16ClF3N4/c1-2-3-7-20-13-6-8-21-14(23-13)22-10-4-5-12(16)11(9-10)15(17,18)19/h4-6,8-9H,2-3,7H2,1H3,(H2,20,21,22,23). The first-order valence-electron chi connectivity index (χ1n) is 7.11. The molecule has 0 saturated carbocycles. The van der Waals surface area contributed by atoms with Gasteiger partial charge in [0, 0.05) is 18.4 Å². The van der Waals surface area contributed by atoms with E-state index in [1.807, 2.05) is 0 Å². The van der Waals surface area contributed by atoms with E-state index in [2.05, 4.69) is 27.5 Å². The first-order valence-corrected chi connectivity index (χ1v) is 7.48. The van der Waals surface area contributed by atoms with Gasteiger partial charge in [-0.2, -0.15) is 18.2 Å². The van der Waals surface area contributed by atoms with E-state index >= 15 is 0 Å². The van der Waals surface area contributed by atoms with Crippen molar-refractivity contribution in [2.75, 3.05) is 17.2 Å². The van der Waals surface area contributed by atoms with Crippen molar-refractivity contribution >= 4 is 29.1 Å². The predicted octanol–water partition coefficient (Wildman–Crippen LogP) is 5.10. The van der Waals surface area contributed by atoms with Gasteiger partial charge in [-0.15, -0.1) is 0 Å². The Hall–Kier alpha value is -2.02. The van der Waals surface area contributed by atoms with Crippen molar-refractivity contribution in [3.05, 3.63) is 41.0 Å². The number of hydrogen-bond donors (Lipinski definition) is 2. The van der Waals surface area contributed by atoms with Crippen molar-refractivity contribution in [3.8, 4) is 0 Å². The fourth-order valence-corrected chi connectivity index (χ4v) is 2.08. The summed E-state index contributed by atoms with van der Waals surface area (Å²) in [5.74, 6) is 0.822. The van der Waals surface area contributed by atoms with Crippen LogP contribution in [-0.2, 0) is 6.18 Å². The van der Waals surface area contributed by atoms with Crippen LogP contribution in [0.15, 0.2) is 30.5 Å². The topological polar surface area (TPSA) is 49.8 Å². The zero-order valence-electron chi connectivity index (χ0n) is 12.4. The van der Waals surface area contributed by atoms with Crippen LogP contribution >= 0.6 is 11.6 Å². The van der Waals surface area contributed by atoms with Crippen LogP contribution in [0.25, 0.3) is 0 Å². The van der Waals surface area contributed by atoms with E-state index < -0.39 is 11.7 Å². The molecule has 0 radical (unpaired) electrons. The van der Waals surface area contributed by atoms with E-state index in [-0.39, 0.29) is 16.7 Å². The monoisotopic (exact) mass is 344 g/mol. The van der Waals surface area contributed by atoms with E-state index in [4.69, 9.17) is 11.6 Å². The summed E-state index contributed by atoms with van der Waals surface area (Å²) in [6.07, 6.45) is -0.934. The summed E-state index contributed by atoms with van der Waals surface area (Å²) in [5, 5.41) is 5.53. The lowest BCUT2D eigenvalue weighted by molar-refractivity contribution is -0.137. The number of nitrogens with zero attached hydrogens (tertiary/aromatic N) is 2. The summed E-state index contributed by atoms with van der Waals surface area (Å²) in [7, 11) is 0. The lowest BCUT2D eigenvalue weighted by Gasteiger charge is -2.12. The van der Waals surface area contributed by atoms with Gasteiger partial charge in [0.25, 0.3) is 0 Å². The Labute approximate surface area is 137 Å². The van der Waals surface area contributed by atoms with Gasteiger partial charge in [-0.25, -0.2) is 4.98 Å². The molecule has 0 fully saturated rings. The quantitative estimate of drug-likeness (QED) is 0.715. The van der Waals surface area contributed by atoms with Crippen molar-refractivity contribution in [1.82, 2.24) is 9.97 Å². The summed E-state index contributed by atoms with van der Waals surface area (Å²) in [4.78, 5) is 8.21. The van der Waals surface area contributed by atoms with Crippen LogP contribution in [0.5, 0.6) is 0 Å². The fraction of sp³-hybridized carbons (Fsp3) is 0.333. The molecule has 0 atom stereocenters. The molecule has 2 aromatic rings. The molecule has 23 heavy (non-hydrogen) atoms. The highest BCUT2D eigenvalue weighted by atomic mass is 35.5. The largest absolute Gasteiger partial charge is 0.417 e. The third-order valence-electron chi connectivity index (χ3n) is 3.02. The number of alkyl halides is 3. The second-order valence-electron chi connectivity index (χ2n) is 4.86. The summed E-state index contributed by atoms with van der Waals surface area (Å²) in [6.45, 7) is 2.85.